The Hall–Kier alpha value is -2.34. The molecule has 0 fully saturated rings. The molecule has 25 heavy (non-hydrogen) atoms. The zero-order valence-corrected chi connectivity index (χ0v) is 15.9. The Morgan fingerprint density at radius 2 is 2.00 bits per heavy atom. The van der Waals surface area contributed by atoms with E-state index in [1.807, 2.05) is 70.6 Å². The maximum Gasteiger partial charge on any atom is 0.319 e. The molecule has 2 rings (SSSR count). The van der Waals surface area contributed by atoms with E-state index in [0.29, 0.717) is 6.61 Å². The van der Waals surface area contributed by atoms with E-state index >= 15 is 0 Å². The average molecular weight is 344 g/mol. The number of rotatable bonds is 6. The minimum absolute atomic E-state index is 0.124. The van der Waals surface area contributed by atoms with E-state index in [4.69, 9.17) is 4.74 Å². The summed E-state index contributed by atoms with van der Waals surface area (Å²) in [4.78, 5) is 12.3. The molecule has 2 N–H and O–H groups in total. The molecule has 1 aromatic carbocycles. The lowest BCUT2D eigenvalue weighted by Gasteiger charge is -2.16. The Morgan fingerprint density at radius 1 is 1.28 bits per heavy atom. The van der Waals surface area contributed by atoms with Crippen LogP contribution in [0.15, 0.2) is 24.3 Å². The summed E-state index contributed by atoms with van der Waals surface area (Å²) >= 11 is 0. The number of hydrogen-bond acceptors (Lipinski definition) is 3. The predicted octanol–water partition coefficient (Wildman–Crippen LogP) is 3.84. The van der Waals surface area contributed by atoms with Crippen molar-refractivity contribution in [3.8, 4) is 0 Å². The fraction of sp³-hybridized carbons (Fsp3) is 0.474. The van der Waals surface area contributed by atoms with Gasteiger partial charge in [-0.1, -0.05) is 12.1 Å². The smallest absolute Gasteiger partial charge is 0.319 e. The molecule has 0 aliphatic rings. The number of nitrogens with one attached hydrogen (secondary N) is 2. The molecule has 0 aliphatic carbocycles. The quantitative estimate of drug-likeness (QED) is 0.836. The van der Waals surface area contributed by atoms with Crippen molar-refractivity contribution in [3.05, 3.63) is 46.8 Å². The molecule has 136 valence electrons. The highest BCUT2D eigenvalue weighted by molar-refractivity contribution is 5.89. The van der Waals surface area contributed by atoms with Gasteiger partial charge in [0.25, 0.3) is 0 Å². The van der Waals surface area contributed by atoms with E-state index < -0.39 is 0 Å². The number of carbonyl (C=O) groups excluding carboxylic acids is 1. The third kappa shape index (κ3) is 5.06. The van der Waals surface area contributed by atoms with E-state index in [9.17, 15) is 4.79 Å². The van der Waals surface area contributed by atoms with Crippen LogP contribution in [0, 0.1) is 13.8 Å². The number of ether oxygens (including phenoxy) is 1. The van der Waals surface area contributed by atoms with E-state index in [0.717, 1.165) is 28.2 Å². The molecular weight excluding hydrogens is 316 g/mol. The van der Waals surface area contributed by atoms with Crippen LogP contribution in [0.1, 0.15) is 49.3 Å². The third-order valence-electron chi connectivity index (χ3n) is 4.11. The fourth-order valence-corrected chi connectivity index (χ4v) is 2.85. The minimum Gasteiger partial charge on any atom is -0.374 e. The highest BCUT2D eigenvalue weighted by atomic mass is 16.5. The summed E-state index contributed by atoms with van der Waals surface area (Å²) in [6.45, 7) is 10.4. The van der Waals surface area contributed by atoms with Crippen LogP contribution in [0.3, 0.4) is 0 Å². The van der Waals surface area contributed by atoms with Crippen molar-refractivity contribution in [2.75, 3.05) is 5.32 Å². The zero-order chi connectivity index (χ0) is 18.6. The third-order valence-corrected chi connectivity index (χ3v) is 4.11. The second kappa shape index (κ2) is 8.16. The molecular formula is C19H28N4O2. The van der Waals surface area contributed by atoms with Crippen LogP contribution in [-0.2, 0) is 18.4 Å². The summed E-state index contributed by atoms with van der Waals surface area (Å²) in [5.74, 6) is 0. The molecule has 0 spiro atoms. The number of anilines is 1. The van der Waals surface area contributed by atoms with Crippen molar-refractivity contribution in [2.24, 2.45) is 7.05 Å². The maximum absolute atomic E-state index is 12.3. The highest BCUT2D eigenvalue weighted by Gasteiger charge is 2.18. The molecule has 6 heteroatoms. The topological polar surface area (TPSA) is 68.2 Å². The van der Waals surface area contributed by atoms with E-state index in [1.54, 1.807) is 0 Å². The Morgan fingerprint density at radius 3 is 2.60 bits per heavy atom. The van der Waals surface area contributed by atoms with Gasteiger partial charge in [-0.25, -0.2) is 4.79 Å². The van der Waals surface area contributed by atoms with Crippen molar-refractivity contribution in [1.29, 1.82) is 0 Å². The van der Waals surface area contributed by atoms with Gasteiger partial charge in [-0.05, 0) is 52.3 Å². The molecule has 0 bridgehead atoms. The zero-order valence-electron chi connectivity index (χ0n) is 15.9. The van der Waals surface area contributed by atoms with Gasteiger partial charge >= 0.3 is 6.03 Å². The van der Waals surface area contributed by atoms with E-state index in [-0.39, 0.29) is 18.2 Å². The van der Waals surface area contributed by atoms with Crippen LogP contribution in [0.25, 0.3) is 0 Å². The number of carbonyl (C=O) groups is 1. The molecule has 1 heterocycles. The number of benzene rings is 1. The molecule has 0 saturated heterocycles. The number of urea groups is 1. The monoisotopic (exact) mass is 344 g/mol. The SMILES string of the molecule is Cc1nn(C)c(C)c1C(C)NC(=O)Nc1cccc(COC(C)C)c1. The molecule has 0 saturated carbocycles. The standard InChI is InChI=1S/C19H28N4O2/c1-12(2)25-11-16-8-7-9-17(10-16)21-19(24)20-13(3)18-14(4)22-23(6)15(18)5/h7-10,12-13H,11H2,1-6H3,(H2,20,21,24). The predicted molar refractivity (Wildman–Crippen MR) is 99.6 cm³/mol. The largest absolute Gasteiger partial charge is 0.374 e. The molecule has 6 nitrogen and oxygen atoms in total. The van der Waals surface area contributed by atoms with E-state index in [1.165, 1.54) is 0 Å². The molecule has 2 amide bonds. The molecule has 1 unspecified atom stereocenters. The van der Waals surface area contributed by atoms with Gasteiger partial charge in [0.2, 0.25) is 0 Å². The van der Waals surface area contributed by atoms with Crippen LogP contribution in [0.5, 0.6) is 0 Å². The summed E-state index contributed by atoms with van der Waals surface area (Å²) in [6, 6.07) is 7.32. The van der Waals surface area contributed by atoms with Gasteiger partial charge in [0, 0.05) is 24.0 Å². The number of hydrogen-bond donors (Lipinski definition) is 2. The van der Waals surface area contributed by atoms with Crippen molar-refractivity contribution < 1.29 is 9.53 Å². The van der Waals surface area contributed by atoms with E-state index in [2.05, 4.69) is 15.7 Å². The lowest BCUT2D eigenvalue weighted by atomic mass is 10.1. The second-order valence-corrected chi connectivity index (χ2v) is 6.59. The summed E-state index contributed by atoms with van der Waals surface area (Å²) in [5, 5.41) is 10.3. The van der Waals surface area contributed by atoms with Crippen LogP contribution >= 0.6 is 0 Å². The summed E-state index contributed by atoms with van der Waals surface area (Å²) in [5.41, 5.74) is 4.81. The summed E-state index contributed by atoms with van der Waals surface area (Å²) in [6.07, 6.45) is 0.173. The minimum atomic E-state index is -0.239. The maximum atomic E-state index is 12.3. The molecule has 0 radical (unpaired) electrons. The van der Waals surface area contributed by atoms with Crippen LogP contribution in [0.2, 0.25) is 0 Å². The van der Waals surface area contributed by atoms with Crippen LogP contribution in [-0.4, -0.2) is 21.9 Å². The van der Waals surface area contributed by atoms with Crippen molar-refractivity contribution in [1.82, 2.24) is 15.1 Å². The molecule has 2 aromatic rings. The number of nitrogens with zero attached hydrogens (tertiary/aromatic N) is 2. The first-order chi connectivity index (χ1) is 11.8. The summed E-state index contributed by atoms with van der Waals surface area (Å²) < 4.78 is 7.43. The number of amides is 2. The summed E-state index contributed by atoms with van der Waals surface area (Å²) in [7, 11) is 1.91. The van der Waals surface area contributed by atoms with Gasteiger partial charge in [-0.3, -0.25) is 4.68 Å². The molecule has 0 aliphatic heterocycles. The van der Waals surface area contributed by atoms with Gasteiger partial charge < -0.3 is 15.4 Å². The average Bonchev–Trinajstić information content (AvgIpc) is 2.78. The molecule has 1 atom stereocenters. The fourth-order valence-electron chi connectivity index (χ4n) is 2.85. The Kier molecular flexibility index (Phi) is 6.20. The first-order valence-electron chi connectivity index (χ1n) is 8.56. The van der Waals surface area contributed by atoms with Crippen LogP contribution in [0.4, 0.5) is 10.5 Å². The number of aryl methyl sites for hydroxylation is 2. The first-order valence-corrected chi connectivity index (χ1v) is 8.56. The van der Waals surface area contributed by atoms with Crippen LogP contribution < -0.4 is 10.6 Å². The molecule has 1 aromatic heterocycles. The Bertz CT molecular complexity index is 737. The van der Waals surface area contributed by atoms with Crippen molar-refractivity contribution in [2.45, 2.75) is 53.4 Å². The Balaban J connectivity index is 1.99. The Labute approximate surface area is 149 Å². The van der Waals surface area contributed by atoms with Crippen molar-refractivity contribution >= 4 is 11.7 Å². The lowest BCUT2D eigenvalue weighted by molar-refractivity contribution is 0.0657. The van der Waals surface area contributed by atoms with Crippen molar-refractivity contribution in [3.63, 3.8) is 0 Å². The normalized spacial score (nSPS) is 12.3. The van der Waals surface area contributed by atoms with Gasteiger partial charge in [0.05, 0.1) is 24.4 Å². The highest BCUT2D eigenvalue weighted by Crippen LogP contribution is 2.21. The van der Waals surface area contributed by atoms with Gasteiger partial charge in [-0.15, -0.1) is 0 Å². The lowest BCUT2D eigenvalue weighted by Crippen LogP contribution is -2.31. The van der Waals surface area contributed by atoms with Gasteiger partial charge in [-0.2, -0.15) is 5.10 Å². The van der Waals surface area contributed by atoms with Gasteiger partial charge in [0.15, 0.2) is 0 Å². The van der Waals surface area contributed by atoms with Gasteiger partial charge in [0.1, 0.15) is 0 Å². The first kappa shape index (κ1) is 19.0. The second-order valence-electron chi connectivity index (χ2n) is 6.59. The number of aromatic nitrogens is 2.